The first-order chi connectivity index (χ1) is 9.47. The van der Waals surface area contributed by atoms with E-state index in [-0.39, 0.29) is 5.75 Å². The van der Waals surface area contributed by atoms with Crippen molar-refractivity contribution in [1.29, 1.82) is 0 Å². The Bertz CT molecular complexity index is 536. The fraction of sp³-hybridized carbons (Fsp3) is 0.667. The van der Waals surface area contributed by atoms with Gasteiger partial charge in [-0.05, 0) is 13.8 Å². The first kappa shape index (κ1) is 15.1. The zero-order chi connectivity index (χ0) is 14.6. The number of aromatic nitrogens is 2. The van der Waals surface area contributed by atoms with Gasteiger partial charge in [0.25, 0.3) is 0 Å². The molecule has 2 heterocycles. The molecule has 0 bridgehead atoms. The molecule has 0 radical (unpaired) electrons. The molecule has 1 aromatic heterocycles. The molecule has 0 aromatic carbocycles. The third kappa shape index (κ3) is 4.12. The van der Waals surface area contributed by atoms with Crippen LogP contribution in [0, 0.1) is 13.8 Å². The minimum atomic E-state index is -3.23. The predicted molar refractivity (Wildman–Crippen MR) is 76.2 cm³/mol. The predicted octanol–water partition coefficient (Wildman–Crippen LogP) is 0.167. The highest BCUT2D eigenvalue weighted by Gasteiger charge is 2.23. The monoisotopic (exact) mass is 300 g/mol. The Morgan fingerprint density at radius 2 is 2.00 bits per heavy atom. The Balaban J connectivity index is 1.88. The van der Waals surface area contributed by atoms with E-state index in [2.05, 4.69) is 15.3 Å². The van der Waals surface area contributed by atoms with Gasteiger partial charge in [-0.15, -0.1) is 0 Å². The van der Waals surface area contributed by atoms with Crippen LogP contribution < -0.4 is 5.32 Å². The molecule has 1 aliphatic rings. The molecule has 0 atom stereocenters. The highest BCUT2D eigenvalue weighted by molar-refractivity contribution is 7.89. The fourth-order valence-electron chi connectivity index (χ4n) is 2.07. The number of nitrogens with one attached hydrogen (secondary N) is 1. The summed E-state index contributed by atoms with van der Waals surface area (Å²) in [5, 5.41) is 3.03. The number of rotatable bonds is 5. The second-order valence-corrected chi connectivity index (χ2v) is 6.78. The molecule has 0 saturated carbocycles. The van der Waals surface area contributed by atoms with Crippen molar-refractivity contribution in [2.45, 2.75) is 13.8 Å². The highest BCUT2D eigenvalue weighted by Crippen LogP contribution is 2.08. The van der Waals surface area contributed by atoms with Gasteiger partial charge >= 0.3 is 0 Å². The van der Waals surface area contributed by atoms with Gasteiger partial charge < -0.3 is 10.1 Å². The number of ether oxygens (including phenoxy) is 1. The van der Waals surface area contributed by atoms with Gasteiger partial charge in [-0.2, -0.15) is 4.31 Å². The molecule has 1 saturated heterocycles. The zero-order valence-corrected chi connectivity index (χ0v) is 12.6. The van der Waals surface area contributed by atoms with E-state index in [1.165, 1.54) is 4.31 Å². The number of nitrogens with zero attached hydrogens (tertiary/aromatic N) is 3. The quantitative estimate of drug-likeness (QED) is 0.834. The van der Waals surface area contributed by atoms with Crippen LogP contribution in [0.5, 0.6) is 0 Å². The van der Waals surface area contributed by atoms with Gasteiger partial charge in [-0.25, -0.2) is 18.4 Å². The van der Waals surface area contributed by atoms with Crippen molar-refractivity contribution in [3.05, 3.63) is 17.6 Å². The van der Waals surface area contributed by atoms with E-state index < -0.39 is 10.0 Å². The summed E-state index contributed by atoms with van der Waals surface area (Å²) < 4.78 is 30.9. The Labute approximate surface area is 119 Å². The van der Waals surface area contributed by atoms with E-state index in [0.29, 0.717) is 44.5 Å². The van der Waals surface area contributed by atoms with Gasteiger partial charge in [0.1, 0.15) is 11.6 Å². The SMILES string of the molecule is Cc1cc(NCCS(=O)(=O)N2CCOCC2)nc(C)n1. The average molecular weight is 300 g/mol. The van der Waals surface area contributed by atoms with E-state index in [0.717, 1.165) is 5.69 Å². The van der Waals surface area contributed by atoms with E-state index in [1.807, 2.05) is 13.8 Å². The minimum Gasteiger partial charge on any atom is -0.379 e. The largest absolute Gasteiger partial charge is 0.379 e. The molecule has 1 aromatic rings. The van der Waals surface area contributed by atoms with Crippen LogP contribution in [0.15, 0.2) is 6.07 Å². The normalized spacial score (nSPS) is 17.1. The summed E-state index contributed by atoms with van der Waals surface area (Å²) in [4.78, 5) is 8.39. The van der Waals surface area contributed by atoms with Crippen LogP contribution in [-0.4, -0.2) is 61.3 Å². The maximum Gasteiger partial charge on any atom is 0.215 e. The van der Waals surface area contributed by atoms with Crippen LogP contribution >= 0.6 is 0 Å². The summed E-state index contributed by atoms with van der Waals surface area (Å²) in [6.07, 6.45) is 0. The molecule has 112 valence electrons. The molecule has 0 aliphatic carbocycles. The van der Waals surface area contributed by atoms with Crippen molar-refractivity contribution in [2.24, 2.45) is 0 Å². The lowest BCUT2D eigenvalue weighted by Gasteiger charge is -2.26. The van der Waals surface area contributed by atoms with E-state index in [1.54, 1.807) is 6.07 Å². The van der Waals surface area contributed by atoms with E-state index in [4.69, 9.17) is 4.74 Å². The van der Waals surface area contributed by atoms with Crippen molar-refractivity contribution in [3.8, 4) is 0 Å². The Kier molecular flexibility index (Phi) is 4.90. The summed E-state index contributed by atoms with van der Waals surface area (Å²) in [6, 6.07) is 1.80. The number of hydrogen-bond acceptors (Lipinski definition) is 6. The van der Waals surface area contributed by atoms with E-state index in [9.17, 15) is 8.42 Å². The third-order valence-electron chi connectivity index (χ3n) is 3.00. The van der Waals surface area contributed by atoms with Crippen LogP contribution in [0.3, 0.4) is 0 Å². The van der Waals surface area contributed by atoms with Crippen molar-refractivity contribution in [1.82, 2.24) is 14.3 Å². The average Bonchev–Trinajstić information content (AvgIpc) is 2.38. The van der Waals surface area contributed by atoms with Crippen molar-refractivity contribution in [3.63, 3.8) is 0 Å². The smallest absolute Gasteiger partial charge is 0.215 e. The fourth-order valence-corrected chi connectivity index (χ4v) is 3.39. The van der Waals surface area contributed by atoms with Gasteiger partial charge in [-0.1, -0.05) is 0 Å². The zero-order valence-electron chi connectivity index (χ0n) is 11.8. The highest BCUT2D eigenvalue weighted by atomic mass is 32.2. The maximum absolute atomic E-state index is 12.1. The van der Waals surface area contributed by atoms with Crippen molar-refractivity contribution >= 4 is 15.8 Å². The van der Waals surface area contributed by atoms with Crippen LogP contribution in [0.2, 0.25) is 0 Å². The Hall–Kier alpha value is -1.25. The van der Waals surface area contributed by atoms with Gasteiger partial charge in [0.2, 0.25) is 10.0 Å². The second-order valence-electron chi connectivity index (χ2n) is 4.70. The molecule has 1 fully saturated rings. The third-order valence-corrected chi connectivity index (χ3v) is 4.87. The minimum absolute atomic E-state index is 0.0507. The van der Waals surface area contributed by atoms with Crippen LogP contribution in [-0.2, 0) is 14.8 Å². The summed E-state index contributed by atoms with van der Waals surface area (Å²) in [7, 11) is -3.23. The molecular formula is C12H20N4O3S. The van der Waals surface area contributed by atoms with Crippen LogP contribution in [0.1, 0.15) is 11.5 Å². The molecule has 20 heavy (non-hydrogen) atoms. The topological polar surface area (TPSA) is 84.4 Å². The van der Waals surface area contributed by atoms with Gasteiger partial charge in [0.05, 0.1) is 19.0 Å². The molecular weight excluding hydrogens is 280 g/mol. The van der Waals surface area contributed by atoms with Crippen molar-refractivity contribution in [2.75, 3.05) is 43.9 Å². The number of aryl methyl sites for hydroxylation is 2. The lowest BCUT2D eigenvalue weighted by molar-refractivity contribution is 0.0731. The lowest BCUT2D eigenvalue weighted by Crippen LogP contribution is -2.42. The molecule has 8 heteroatoms. The van der Waals surface area contributed by atoms with Crippen LogP contribution in [0.25, 0.3) is 0 Å². The number of hydrogen-bond donors (Lipinski definition) is 1. The first-order valence-electron chi connectivity index (χ1n) is 6.59. The van der Waals surface area contributed by atoms with Gasteiger partial charge in [0, 0.05) is 31.4 Å². The summed E-state index contributed by atoms with van der Waals surface area (Å²) in [6.45, 7) is 5.83. The summed E-state index contributed by atoms with van der Waals surface area (Å²) in [5.41, 5.74) is 0.857. The van der Waals surface area contributed by atoms with E-state index >= 15 is 0 Å². The Morgan fingerprint density at radius 1 is 1.30 bits per heavy atom. The molecule has 1 aliphatic heterocycles. The Morgan fingerprint density at radius 3 is 2.65 bits per heavy atom. The first-order valence-corrected chi connectivity index (χ1v) is 8.20. The number of anilines is 1. The molecule has 0 amide bonds. The summed E-state index contributed by atoms with van der Waals surface area (Å²) in [5.74, 6) is 1.38. The van der Waals surface area contributed by atoms with Crippen molar-refractivity contribution < 1.29 is 13.2 Å². The molecule has 1 N–H and O–H groups in total. The standard InChI is InChI=1S/C12H20N4O3S/c1-10-9-12(15-11(2)14-10)13-3-8-20(17,18)16-4-6-19-7-5-16/h9H,3-8H2,1-2H3,(H,13,14,15). The number of morpholine rings is 1. The van der Waals surface area contributed by atoms with Gasteiger partial charge in [0.15, 0.2) is 0 Å². The molecule has 0 spiro atoms. The maximum atomic E-state index is 12.1. The molecule has 7 nitrogen and oxygen atoms in total. The molecule has 0 unspecified atom stereocenters. The lowest BCUT2D eigenvalue weighted by atomic mass is 10.4. The molecule has 2 rings (SSSR count). The number of sulfonamides is 1. The van der Waals surface area contributed by atoms with Crippen LogP contribution in [0.4, 0.5) is 5.82 Å². The van der Waals surface area contributed by atoms with Gasteiger partial charge in [-0.3, -0.25) is 0 Å². The second kappa shape index (κ2) is 6.47. The summed E-state index contributed by atoms with van der Waals surface area (Å²) >= 11 is 0.